The summed E-state index contributed by atoms with van der Waals surface area (Å²) in [6.07, 6.45) is 0. The van der Waals surface area contributed by atoms with Gasteiger partial charge in [-0.1, -0.05) is 6.07 Å². The van der Waals surface area contributed by atoms with Crippen molar-refractivity contribution in [2.45, 2.75) is 9.96 Å². The number of nitro benzene ring substituents is 1. The average Bonchev–Trinajstić information content (AvgIpc) is 2.89. The highest BCUT2D eigenvalue weighted by Gasteiger charge is 2.10. The third kappa shape index (κ3) is 3.02. The first-order valence-electron chi connectivity index (χ1n) is 5.32. The van der Waals surface area contributed by atoms with E-state index in [4.69, 9.17) is 0 Å². The van der Waals surface area contributed by atoms with E-state index in [1.54, 1.807) is 35.2 Å². The standard InChI is InChI=1S/C12H12N2O2S2/c1-13-11-5-4-10(14(15)16)7-9(11)8-18-12-3-2-6-17-12/h2-7,13H,8H2,1H3. The van der Waals surface area contributed by atoms with Crippen LogP contribution in [-0.2, 0) is 5.75 Å². The zero-order valence-corrected chi connectivity index (χ0v) is 11.4. The molecule has 0 fully saturated rings. The number of hydrogen-bond donors (Lipinski definition) is 1. The van der Waals surface area contributed by atoms with Crippen LogP contribution in [0.4, 0.5) is 11.4 Å². The van der Waals surface area contributed by atoms with Crippen molar-refractivity contribution in [1.82, 2.24) is 0 Å². The zero-order chi connectivity index (χ0) is 13.0. The molecule has 0 saturated heterocycles. The molecular weight excluding hydrogens is 268 g/mol. The van der Waals surface area contributed by atoms with Gasteiger partial charge in [0.1, 0.15) is 0 Å². The molecule has 2 rings (SSSR count). The number of nitrogens with zero attached hydrogens (tertiary/aromatic N) is 1. The summed E-state index contributed by atoms with van der Waals surface area (Å²) in [4.78, 5) is 10.4. The highest BCUT2D eigenvalue weighted by atomic mass is 32.2. The summed E-state index contributed by atoms with van der Waals surface area (Å²) in [6, 6.07) is 8.95. The molecule has 1 heterocycles. The molecule has 2 aromatic rings. The summed E-state index contributed by atoms with van der Waals surface area (Å²) in [5.41, 5.74) is 2.02. The van der Waals surface area contributed by atoms with Crippen molar-refractivity contribution < 1.29 is 4.92 Å². The Morgan fingerprint density at radius 2 is 2.28 bits per heavy atom. The minimum atomic E-state index is -0.362. The maximum absolute atomic E-state index is 10.8. The molecule has 6 heteroatoms. The molecule has 0 aliphatic heterocycles. The molecule has 1 aromatic carbocycles. The number of thioether (sulfide) groups is 1. The molecule has 0 aliphatic rings. The first-order chi connectivity index (χ1) is 8.70. The second-order valence-corrected chi connectivity index (χ2v) is 5.79. The van der Waals surface area contributed by atoms with Crippen LogP contribution in [0.5, 0.6) is 0 Å². The van der Waals surface area contributed by atoms with E-state index in [0.717, 1.165) is 17.0 Å². The maximum Gasteiger partial charge on any atom is 0.269 e. The van der Waals surface area contributed by atoms with Gasteiger partial charge >= 0.3 is 0 Å². The van der Waals surface area contributed by atoms with E-state index in [9.17, 15) is 10.1 Å². The summed E-state index contributed by atoms with van der Waals surface area (Å²) in [7, 11) is 1.82. The number of benzene rings is 1. The Bertz CT molecular complexity index is 541. The first kappa shape index (κ1) is 12.9. The molecule has 0 saturated carbocycles. The van der Waals surface area contributed by atoms with Gasteiger partial charge in [0.15, 0.2) is 0 Å². The van der Waals surface area contributed by atoms with Crippen molar-refractivity contribution in [3.63, 3.8) is 0 Å². The van der Waals surface area contributed by atoms with E-state index >= 15 is 0 Å². The molecule has 1 N–H and O–H groups in total. The highest BCUT2D eigenvalue weighted by molar-refractivity contribution is 8.00. The Hall–Kier alpha value is -1.53. The minimum Gasteiger partial charge on any atom is -0.388 e. The average molecular weight is 280 g/mol. The van der Waals surface area contributed by atoms with Crippen molar-refractivity contribution in [3.05, 3.63) is 51.4 Å². The van der Waals surface area contributed by atoms with E-state index < -0.39 is 0 Å². The number of hydrogen-bond acceptors (Lipinski definition) is 5. The third-order valence-electron chi connectivity index (χ3n) is 2.43. The lowest BCUT2D eigenvalue weighted by atomic mass is 10.2. The van der Waals surface area contributed by atoms with E-state index in [0.29, 0.717) is 0 Å². The monoisotopic (exact) mass is 280 g/mol. The summed E-state index contributed by atoms with van der Waals surface area (Å²) in [5.74, 6) is 0.721. The van der Waals surface area contributed by atoms with Gasteiger partial charge < -0.3 is 5.32 Å². The Labute approximate surface area is 113 Å². The van der Waals surface area contributed by atoms with Gasteiger partial charge in [-0.05, 0) is 23.1 Å². The quantitative estimate of drug-likeness (QED) is 0.511. The van der Waals surface area contributed by atoms with Gasteiger partial charge in [-0.25, -0.2) is 0 Å². The van der Waals surface area contributed by atoms with Gasteiger partial charge in [-0.15, -0.1) is 23.1 Å². The molecule has 1 aromatic heterocycles. The van der Waals surface area contributed by atoms with Crippen molar-refractivity contribution in [2.24, 2.45) is 0 Å². The van der Waals surface area contributed by atoms with Crippen molar-refractivity contribution >= 4 is 34.5 Å². The van der Waals surface area contributed by atoms with Gasteiger partial charge in [-0.2, -0.15) is 0 Å². The van der Waals surface area contributed by atoms with Crippen LogP contribution < -0.4 is 5.32 Å². The SMILES string of the molecule is CNc1ccc([N+](=O)[O-])cc1CSc1cccs1. The number of nitrogens with one attached hydrogen (secondary N) is 1. The fourth-order valence-electron chi connectivity index (χ4n) is 1.55. The van der Waals surface area contributed by atoms with Crippen LogP contribution in [0.15, 0.2) is 39.9 Å². The topological polar surface area (TPSA) is 55.2 Å². The number of anilines is 1. The normalized spacial score (nSPS) is 10.3. The molecule has 4 nitrogen and oxygen atoms in total. The van der Waals surface area contributed by atoms with Crippen LogP contribution in [0.2, 0.25) is 0 Å². The molecular formula is C12H12N2O2S2. The molecule has 18 heavy (non-hydrogen) atoms. The zero-order valence-electron chi connectivity index (χ0n) is 9.75. The number of thiophene rings is 1. The summed E-state index contributed by atoms with van der Waals surface area (Å²) >= 11 is 3.36. The largest absolute Gasteiger partial charge is 0.388 e. The maximum atomic E-state index is 10.8. The molecule has 0 unspecified atom stereocenters. The van der Waals surface area contributed by atoms with Gasteiger partial charge in [0.25, 0.3) is 5.69 Å². The van der Waals surface area contributed by atoms with E-state index in [1.807, 2.05) is 24.6 Å². The van der Waals surface area contributed by atoms with E-state index in [1.165, 1.54) is 10.3 Å². The summed E-state index contributed by atoms with van der Waals surface area (Å²) < 4.78 is 1.21. The van der Waals surface area contributed by atoms with E-state index in [2.05, 4.69) is 5.32 Å². The van der Waals surface area contributed by atoms with Crippen LogP contribution in [0.3, 0.4) is 0 Å². The van der Waals surface area contributed by atoms with Gasteiger partial charge in [0, 0.05) is 30.6 Å². The smallest absolute Gasteiger partial charge is 0.269 e. The highest BCUT2D eigenvalue weighted by Crippen LogP contribution is 2.31. The lowest BCUT2D eigenvalue weighted by Crippen LogP contribution is -1.96. The Morgan fingerprint density at radius 3 is 2.89 bits per heavy atom. The number of non-ortho nitro benzene ring substituents is 1. The minimum absolute atomic E-state index is 0.135. The Morgan fingerprint density at radius 1 is 1.44 bits per heavy atom. The third-order valence-corrected chi connectivity index (χ3v) is 4.61. The van der Waals surface area contributed by atoms with Gasteiger partial charge in [0.2, 0.25) is 0 Å². The van der Waals surface area contributed by atoms with Crippen molar-refractivity contribution in [1.29, 1.82) is 0 Å². The molecule has 0 bridgehead atoms. The lowest BCUT2D eigenvalue weighted by molar-refractivity contribution is -0.384. The van der Waals surface area contributed by atoms with Crippen molar-refractivity contribution in [3.8, 4) is 0 Å². The molecule has 0 atom stereocenters. The van der Waals surface area contributed by atoms with Crippen molar-refractivity contribution in [2.75, 3.05) is 12.4 Å². The molecule has 0 radical (unpaired) electrons. The second kappa shape index (κ2) is 5.88. The predicted molar refractivity (Wildman–Crippen MR) is 76.5 cm³/mol. The van der Waals surface area contributed by atoms with Gasteiger partial charge in [0.05, 0.1) is 9.13 Å². The Kier molecular flexibility index (Phi) is 4.22. The molecule has 0 aliphatic carbocycles. The molecule has 0 amide bonds. The fraction of sp³-hybridized carbons (Fsp3) is 0.167. The van der Waals surface area contributed by atoms with Crippen LogP contribution in [0.25, 0.3) is 0 Å². The summed E-state index contributed by atoms with van der Waals surface area (Å²) in [5, 5.41) is 15.8. The summed E-state index contributed by atoms with van der Waals surface area (Å²) in [6.45, 7) is 0. The Balaban J connectivity index is 2.18. The van der Waals surface area contributed by atoms with Crippen LogP contribution in [0, 0.1) is 10.1 Å². The fourth-order valence-corrected chi connectivity index (χ4v) is 3.33. The molecule has 0 spiro atoms. The van der Waals surface area contributed by atoms with Crippen LogP contribution in [-0.4, -0.2) is 12.0 Å². The van der Waals surface area contributed by atoms with E-state index in [-0.39, 0.29) is 10.6 Å². The lowest BCUT2D eigenvalue weighted by Gasteiger charge is -2.08. The predicted octanol–water partition coefficient (Wildman–Crippen LogP) is 3.99. The first-order valence-corrected chi connectivity index (χ1v) is 7.18. The number of rotatable bonds is 5. The van der Waals surface area contributed by atoms with Crippen LogP contribution in [0.1, 0.15) is 5.56 Å². The van der Waals surface area contributed by atoms with Crippen LogP contribution >= 0.6 is 23.1 Å². The van der Waals surface area contributed by atoms with Gasteiger partial charge in [-0.3, -0.25) is 10.1 Å². The number of nitro groups is 1. The second-order valence-electron chi connectivity index (χ2n) is 3.57. The molecule has 94 valence electrons.